The number of carbonyl (C=O) groups is 1. The number of benzene rings is 1. The van der Waals surface area contributed by atoms with Crippen LogP contribution in [0.4, 0.5) is 0 Å². The van der Waals surface area contributed by atoms with E-state index in [0.29, 0.717) is 23.2 Å². The Labute approximate surface area is 131 Å². The Bertz CT molecular complexity index is 673. The first-order valence-corrected chi connectivity index (χ1v) is 8.99. The van der Waals surface area contributed by atoms with Gasteiger partial charge >= 0.3 is 0 Å². The van der Waals surface area contributed by atoms with Crippen LogP contribution in [0.1, 0.15) is 47.8 Å². The van der Waals surface area contributed by atoms with Gasteiger partial charge in [-0.15, -0.1) is 0 Å². The van der Waals surface area contributed by atoms with Crippen LogP contribution in [0, 0.1) is 26.2 Å². The Morgan fingerprint density at radius 2 is 1.71 bits per heavy atom. The lowest BCUT2D eigenvalue weighted by molar-refractivity contribution is 0.0938. The molecular weight excluding hydrogens is 310 g/mol. The summed E-state index contributed by atoms with van der Waals surface area (Å²) < 4.78 is 23.4. The second-order valence-corrected chi connectivity index (χ2v) is 9.02. The molecule has 1 aromatic rings. The van der Waals surface area contributed by atoms with Crippen LogP contribution in [0.15, 0.2) is 11.0 Å². The molecular formula is C15H22ClNO3S. The molecule has 0 radical (unpaired) electrons. The number of hydrogen-bond acceptors (Lipinski definition) is 3. The van der Waals surface area contributed by atoms with Crippen molar-refractivity contribution in [2.45, 2.75) is 46.4 Å². The molecule has 1 rings (SSSR count). The van der Waals surface area contributed by atoms with E-state index >= 15 is 0 Å². The Kier molecular flexibility index (Phi) is 5.11. The summed E-state index contributed by atoms with van der Waals surface area (Å²) in [7, 11) is 1.60. The van der Waals surface area contributed by atoms with Gasteiger partial charge in [0.05, 0.1) is 4.90 Å². The van der Waals surface area contributed by atoms with E-state index in [1.165, 1.54) is 0 Å². The van der Waals surface area contributed by atoms with Crippen molar-refractivity contribution in [3.8, 4) is 0 Å². The lowest BCUT2D eigenvalue weighted by Crippen LogP contribution is -2.33. The van der Waals surface area contributed by atoms with Crippen molar-refractivity contribution in [1.82, 2.24) is 5.32 Å². The zero-order valence-corrected chi connectivity index (χ0v) is 14.9. The number of nitrogens with one attached hydrogen (secondary N) is 1. The Hall–Kier alpha value is -1.07. The summed E-state index contributed by atoms with van der Waals surface area (Å²) in [5, 5.41) is 2.84. The van der Waals surface area contributed by atoms with E-state index < -0.39 is 9.05 Å². The fourth-order valence-electron chi connectivity index (χ4n) is 2.33. The molecule has 0 aliphatic rings. The smallest absolute Gasteiger partial charge is 0.261 e. The van der Waals surface area contributed by atoms with Gasteiger partial charge < -0.3 is 5.32 Å². The van der Waals surface area contributed by atoms with E-state index in [1.54, 1.807) is 26.8 Å². The second-order valence-electron chi connectivity index (χ2n) is 6.52. The van der Waals surface area contributed by atoms with E-state index in [9.17, 15) is 13.2 Å². The molecule has 21 heavy (non-hydrogen) atoms. The fourth-order valence-corrected chi connectivity index (χ4v) is 3.95. The van der Waals surface area contributed by atoms with Crippen molar-refractivity contribution in [2.75, 3.05) is 6.54 Å². The molecule has 0 unspecified atom stereocenters. The summed E-state index contributed by atoms with van der Waals surface area (Å²) in [6.07, 6.45) is 0. The standard InChI is InChI=1S/C15H22ClNO3S/c1-9-7-10(2)13(21(16,19)20)11(3)12(9)14(18)17-8-15(4,5)6/h7H,8H2,1-6H3,(H,17,18). The zero-order valence-electron chi connectivity index (χ0n) is 13.3. The summed E-state index contributed by atoms with van der Waals surface area (Å²) in [6, 6.07) is 1.67. The minimum atomic E-state index is -3.89. The summed E-state index contributed by atoms with van der Waals surface area (Å²) in [6.45, 7) is 11.6. The van der Waals surface area contributed by atoms with Crippen molar-refractivity contribution in [2.24, 2.45) is 5.41 Å². The normalized spacial score (nSPS) is 12.3. The Morgan fingerprint density at radius 3 is 2.14 bits per heavy atom. The van der Waals surface area contributed by atoms with Crippen LogP contribution >= 0.6 is 10.7 Å². The van der Waals surface area contributed by atoms with E-state index in [0.717, 1.165) is 5.56 Å². The van der Waals surface area contributed by atoms with Gasteiger partial charge in [0.25, 0.3) is 15.0 Å². The van der Waals surface area contributed by atoms with Gasteiger partial charge in [-0.05, 0) is 42.9 Å². The number of halogens is 1. The van der Waals surface area contributed by atoms with E-state index in [2.05, 4.69) is 5.32 Å². The average molecular weight is 332 g/mol. The van der Waals surface area contributed by atoms with Crippen LogP contribution < -0.4 is 5.32 Å². The SMILES string of the molecule is Cc1cc(C)c(S(=O)(=O)Cl)c(C)c1C(=O)NCC(C)(C)C. The van der Waals surface area contributed by atoms with E-state index in [1.807, 2.05) is 20.8 Å². The van der Waals surface area contributed by atoms with Crippen molar-refractivity contribution in [1.29, 1.82) is 0 Å². The third-order valence-corrected chi connectivity index (χ3v) is 4.73. The van der Waals surface area contributed by atoms with Gasteiger partial charge in [-0.25, -0.2) is 8.42 Å². The van der Waals surface area contributed by atoms with Gasteiger partial charge in [-0.1, -0.05) is 26.8 Å². The van der Waals surface area contributed by atoms with Gasteiger partial charge in [-0.2, -0.15) is 0 Å². The minimum absolute atomic E-state index is 0.0238. The molecule has 0 fully saturated rings. The van der Waals surface area contributed by atoms with Gasteiger partial charge in [0, 0.05) is 22.8 Å². The second kappa shape index (κ2) is 5.97. The molecule has 0 saturated heterocycles. The predicted octanol–water partition coefficient (Wildman–Crippen LogP) is 3.32. The monoisotopic (exact) mass is 331 g/mol. The quantitative estimate of drug-likeness (QED) is 0.864. The topological polar surface area (TPSA) is 63.2 Å². The lowest BCUT2D eigenvalue weighted by atomic mass is 9.95. The number of aryl methyl sites for hydroxylation is 2. The van der Waals surface area contributed by atoms with Crippen LogP contribution in [0.3, 0.4) is 0 Å². The molecule has 0 aliphatic carbocycles. The highest BCUT2D eigenvalue weighted by Gasteiger charge is 2.24. The molecule has 1 amide bonds. The molecule has 1 aromatic carbocycles. The molecule has 4 nitrogen and oxygen atoms in total. The highest BCUT2D eigenvalue weighted by Crippen LogP contribution is 2.29. The van der Waals surface area contributed by atoms with Gasteiger partial charge in [0.1, 0.15) is 0 Å². The first kappa shape index (κ1) is 18.0. The van der Waals surface area contributed by atoms with Gasteiger partial charge in [-0.3, -0.25) is 4.79 Å². The molecule has 0 spiro atoms. The first-order valence-electron chi connectivity index (χ1n) is 6.68. The van der Waals surface area contributed by atoms with Gasteiger partial charge in [0.2, 0.25) is 0 Å². The van der Waals surface area contributed by atoms with Crippen LogP contribution in [-0.2, 0) is 9.05 Å². The molecule has 0 heterocycles. The van der Waals surface area contributed by atoms with Crippen molar-refractivity contribution in [3.05, 3.63) is 28.3 Å². The van der Waals surface area contributed by atoms with Crippen molar-refractivity contribution < 1.29 is 13.2 Å². The van der Waals surface area contributed by atoms with Gasteiger partial charge in [0.15, 0.2) is 0 Å². The summed E-state index contributed by atoms with van der Waals surface area (Å²) in [5.41, 5.74) is 2.01. The molecule has 0 aliphatic heterocycles. The largest absolute Gasteiger partial charge is 0.351 e. The first-order chi connectivity index (χ1) is 9.34. The molecule has 0 bridgehead atoms. The van der Waals surface area contributed by atoms with Crippen molar-refractivity contribution in [3.63, 3.8) is 0 Å². The maximum atomic E-state index is 12.4. The van der Waals surface area contributed by atoms with E-state index in [-0.39, 0.29) is 16.2 Å². The predicted molar refractivity (Wildman–Crippen MR) is 85.5 cm³/mol. The number of hydrogen-bond donors (Lipinski definition) is 1. The molecule has 118 valence electrons. The molecule has 6 heteroatoms. The average Bonchev–Trinajstić information content (AvgIpc) is 2.22. The van der Waals surface area contributed by atoms with Crippen LogP contribution in [0.2, 0.25) is 0 Å². The molecule has 0 aromatic heterocycles. The summed E-state index contributed by atoms with van der Waals surface area (Å²) in [4.78, 5) is 12.4. The minimum Gasteiger partial charge on any atom is -0.351 e. The fraction of sp³-hybridized carbons (Fsp3) is 0.533. The maximum Gasteiger partial charge on any atom is 0.261 e. The van der Waals surface area contributed by atoms with Crippen LogP contribution in [0.25, 0.3) is 0 Å². The molecule has 1 N–H and O–H groups in total. The summed E-state index contributed by atoms with van der Waals surface area (Å²) >= 11 is 0. The van der Waals surface area contributed by atoms with Crippen molar-refractivity contribution >= 4 is 25.6 Å². The van der Waals surface area contributed by atoms with Crippen LogP contribution in [0.5, 0.6) is 0 Å². The zero-order chi connectivity index (χ0) is 16.6. The lowest BCUT2D eigenvalue weighted by Gasteiger charge is -2.20. The third-order valence-electron chi connectivity index (χ3n) is 3.15. The van der Waals surface area contributed by atoms with Crippen LogP contribution in [-0.4, -0.2) is 20.9 Å². The Balaban J connectivity index is 3.35. The third kappa shape index (κ3) is 4.45. The molecule has 0 atom stereocenters. The number of rotatable bonds is 3. The highest BCUT2D eigenvalue weighted by molar-refractivity contribution is 8.13. The number of amides is 1. The Morgan fingerprint density at radius 1 is 1.19 bits per heavy atom. The summed E-state index contributed by atoms with van der Waals surface area (Å²) in [5.74, 6) is -0.276. The highest BCUT2D eigenvalue weighted by atomic mass is 35.7. The molecule has 0 saturated carbocycles. The van der Waals surface area contributed by atoms with E-state index in [4.69, 9.17) is 10.7 Å². The number of carbonyl (C=O) groups excluding carboxylic acids is 1. The maximum absolute atomic E-state index is 12.4.